The summed E-state index contributed by atoms with van der Waals surface area (Å²) in [6, 6.07) is 9.66. The van der Waals surface area contributed by atoms with E-state index in [4.69, 9.17) is 0 Å². The maximum atomic E-state index is 13.2. The molecular formula is C20H20N2O2S. The maximum Gasteiger partial charge on any atom is 0.332 e. The van der Waals surface area contributed by atoms with Crippen molar-refractivity contribution in [1.29, 1.82) is 0 Å². The Balaban J connectivity index is 2.01. The zero-order valence-corrected chi connectivity index (χ0v) is 14.8. The highest BCUT2D eigenvalue weighted by Crippen LogP contribution is 2.34. The van der Waals surface area contributed by atoms with Crippen molar-refractivity contribution in [2.45, 2.75) is 38.8 Å². The van der Waals surface area contributed by atoms with E-state index in [0.29, 0.717) is 13.1 Å². The minimum Gasteiger partial charge on any atom is -0.280 e. The molecule has 0 saturated carbocycles. The van der Waals surface area contributed by atoms with Crippen molar-refractivity contribution in [3.8, 4) is 0 Å². The van der Waals surface area contributed by atoms with Gasteiger partial charge >= 0.3 is 5.69 Å². The Bertz CT molecular complexity index is 1060. The first kappa shape index (κ1) is 16.1. The van der Waals surface area contributed by atoms with Crippen LogP contribution in [0.3, 0.4) is 0 Å². The standard InChI is InChI=1S/C20H20N2O2S/c1-2-12-21-19-17(15-10-6-7-11-16(15)25-19)18(23)22(20(21)24)13-14-8-4-3-5-9-14/h2-5,8-9H,1,6-7,10-13H2. The summed E-state index contributed by atoms with van der Waals surface area (Å²) in [4.78, 5) is 28.3. The second-order valence-electron chi connectivity index (χ2n) is 6.45. The number of rotatable bonds is 4. The third-order valence-corrected chi connectivity index (χ3v) is 6.13. The second kappa shape index (κ2) is 6.48. The van der Waals surface area contributed by atoms with E-state index in [1.807, 2.05) is 30.3 Å². The van der Waals surface area contributed by atoms with Crippen molar-refractivity contribution in [3.05, 3.63) is 79.8 Å². The van der Waals surface area contributed by atoms with Crippen LogP contribution >= 0.6 is 11.3 Å². The molecule has 0 spiro atoms. The molecule has 0 aliphatic heterocycles. The largest absolute Gasteiger partial charge is 0.332 e. The van der Waals surface area contributed by atoms with E-state index in [0.717, 1.165) is 47.0 Å². The van der Waals surface area contributed by atoms with Crippen molar-refractivity contribution in [1.82, 2.24) is 9.13 Å². The smallest absolute Gasteiger partial charge is 0.280 e. The highest BCUT2D eigenvalue weighted by atomic mass is 32.1. The molecule has 0 saturated heterocycles. The Morgan fingerprint density at radius 3 is 2.60 bits per heavy atom. The number of nitrogens with zero attached hydrogens (tertiary/aromatic N) is 2. The molecule has 4 nitrogen and oxygen atoms in total. The van der Waals surface area contributed by atoms with Gasteiger partial charge in [0.25, 0.3) is 5.56 Å². The molecule has 0 N–H and O–H groups in total. The summed E-state index contributed by atoms with van der Waals surface area (Å²) in [5.74, 6) is 0. The molecule has 0 unspecified atom stereocenters. The fourth-order valence-electron chi connectivity index (χ4n) is 3.61. The van der Waals surface area contributed by atoms with E-state index in [-0.39, 0.29) is 11.2 Å². The third kappa shape index (κ3) is 2.68. The Morgan fingerprint density at radius 1 is 1.08 bits per heavy atom. The van der Waals surface area contributed by atoms with Gasteiger partial charge in [-0.3, -0.25) is 13.9 Å². The van der Waals surface area contributed by atoms with E-state index in [1.165, 1.54) is 9.44 Å². The summed E-state index contributed by atoms with van der Waals surface area (Å²) in [6.07, 6.45) is 5.93. The zero-order chi connectivity index (χ0) is 17.4. The Kier molecular flexibility index (Phi) is 4.17. The molecule has 0 bridgehead atoms. The summed E-state index contributed by atoms with van der Waals surface area (Å²) in [7, 11) is 0. The molecule has 0 fully saturated rings. The molecule has 4 rings (SSSR count). The van der Waals surface area contributed by atoms with Crippen LogP contribution < -0.4 is 11.2 Å². The van der Waals surface area contributed by atoms with Crippen LogP contribution in [0.1, 0.15) is 28.8 Å². The first-order chi connectivity index (χ1) is 12.2. The molecular weight excluding hydrogens is 332 g/mol. The van der Waals surface area contributed by atoms with Gasteiger partial charge in [0.15, 0.2) is 0 Å². The lowest BCUT2D eigenvalue weighted by atomic mass is 9.97. The van der Waals surface area contributed by atoms with E-state index in [9.17, 15) is 9.59 Å². The molecule has 128 valence electrons. The van der Waals surface area contributed by atoms with Gasteiger partial charge in [-0.05, 0) is 36.8 Å². The Labute approximate surface area is 149 Å². The molecule has 1 aliphatic carbocycles. The number of thiophene rings is 1. The highest BCUT2D eigenvalue weighted by Gasteiger charge is 2.23. The zero-order valence-electron chi connectivity index (χ0n) is 14.0. The van der Waals surface area contributed by atoms with E-state index in [2.05, 4.69) is 6.58 Å². The SMILES string of the molecule is C=CCn1c(=O)n(Cc2ccccc2)c(=O)c2c3c(sc21)CCCC3. The fraction of sp³-hybridized carbons (Fsp3) is 0.300. The summed E-state index contributed by atoms with van der Waals surface area (Å²) in [5, 5.41) is 0.747. The lowest BCUT2D eigenvalue weighted by Crippen LogP contribution is -2.40. The molecule has 2 heterocycles. The highest BCUT2D eigenvalue weighted by molar-refractivity contribution is 7.18. The van der Waals surface area contributed by atoms with E-state index >= 15 is 0 Å². The first-order valence-corrected chi connectivity index (χ1v) is 9.45. The molecule has 25 heavy (non-hydrogen) atoms. The predicted octanol–water partition coefficient (Wildman–Crippen LogP) is 3.34. The lowest BCUT2D eigenvalue weighted by Gasteiger charge is -2.12. The lowest BCUT2D eigenvalue weighted by molar-refractivity contribution is 0.641. The number of aryl methyl sites for hydroxylation is 2. The van der Waals surface area contributed by atoms with Gasteiger partial charge in [-0.2, -0.15) is 0 Å². The third-order valence-electron chi connectivity index (χ3n) is 4.81. The number of hydrogen-bond acceptors (Lipinski definition) is 3. The van der Waals surface area contributed by atoms with Crippen LogP contribution in [-0.4, -0.2) is 9.13 Å². The van der Waals surface area contributed by atoms with Crippen LogP contribution in [0.15, 0.2) is 52.6 Å². The average Bonchev–Trinajstić information content (AvgIpc) is 3.02. The maximum absolute atomic E-state index is 13.2. The predicted molar refractivity (Wildman–Crippen MR) is 103 cm³/mol. The van der Waals surface area contributed by atoms with Gasteiger partial charge in [-0.15, -0.1) is 17.9 Å². The normalized spacial score (nSPS) is 13.8. The van der Waals surface area contributed by atoms with Crippen LogP contribution in [0.5, 0.6) is 0 Å². The summed E-state index contributed by atoms with van der Waals surface area (Å²) in [6.45, 7) is 4.50. The molecule has 1 aliphatic rings. The van der Waals surface area contributed by atoms with Crippen LogP contribution in [0.2, 0.25) is 0 Å². The van der Waals surface area contributed by atoms with Gasteiger partial charge < -0.3 is 0 Å². The Hall–Kier alpha value is -2.40. The van der Waals surface area contributed by atoms with Crippen molar-refractivity contribution >= 4 is 21.6 Å². The number of benzene rings is 1. The van der Waals surface area contributed by atoms with Crippen molar-refractivity contribution in [3.63, 3.8) is 0 Å². The van der Waals surface area contributed by atoms with Gasteiger partial charge in [0, 0.05) is 11.4 Å². The van der Waals surface area contributed by atoms with Crippen LogP contribution in [0.25, 0.3) is 10.2 Å². The van der Waals surface area contributed by atoms with Gasteiger partial charge in [-0.1, -0.05) is 36.4 Å². The minimum atomic E-state index is -0.250. The summed E-state index contributed by atoms with van der Waals surface area (Å²) in [5.41, 5.74) is 1.72. The van der Waals surface area contributed by atoms with Gasteiger partial charge in [-0.25, -0.2) is 4.79 Å². The van der Waals surface area contributed by atoms with Crippen molar-refractivity contribution in [2.75, 3.05) is 0 Å². The topological polar surface area (TPSA) is 44.0 Å². The molecule has 3 aromatic rings. The fourth-order valence-corrected chi connectivity index (χ4v) is 4.99. The van der Waals surface area contributed by atoms with Crippen LogP contribution in [0.4, 0.5) is 0 Å². The first-order valence-electron chi connectivity index (χ1n) is 8.63. The van der Waals surface area contributed by atoms with E-state index < -0.39 is 0 Å². The monoisotopic (exact) mass is 352 g/mol. The average molecular weight is 352 g/mol. The number of allylic oxidation sites excluding steroid dienone is 1. The van der Waals surface area contributed by atoms with Gasteiger partial charge in [0.2, 0.25) is 0 Å². The summed E-state index contributed by atoms with van der Waals surface area (Å²) >= 11 is 1.61. The minimum absolute atomic E-state index is 0.149. The number of hydrogen-bond donors (Lipinski definition) is 0. The van der Waals surface area contributed by atoms with Crippen molar-refractivity contribution < 1.29 is 0 Å². The van der Waals surface area contributed by atoms with Crippen LogP contribution in [0, 0.1) is 0 Å². The van der Waals surface area contributed by atoms with Gasteiger partial charge in [0.1, 0.15) is 4.83 Å². The quantitative estimate of drug-likeness (QED) is 0.676. The second-order valence-corrected chi connectivity index (χ2v) is 7.53. The van der Waals surface area contributed by atoms with E-state index in [1.54, 1.807) is 22.0 Å². The van der Waals surface area contributed by atoms with Crippen LogP contribution in [-0.2, 0) is 25.9 Å². The molecule has 0 atom stereocenters. The molecule has 1 aromatic carbocycles. The van der Waals surface area contributed by atoms with Crippen molar-refractivity contribution in [2.24, 2.45) is 0 Å². The molecule has 2 aromatic heterocycles. The molecule has 5 heteroatoms. The molecule has 0 radical (unpaired) electrons. The Morgan fingerprint density at radius 2 is 1.84 bits per heavy atom. The summed E-state index contributed by atoms with van der Waals surface area (Å²) < 4.78 is 3.08. The number of fused-ring (bicyclic) bond motifs is 3. The van der Waals surface area contributed by atoms with Gasteiger partial charge in [0.05, 0.1) is 11.9 Å². The number of aromatic nitrogens is 2. The molecule has 0 amide bonds.